The van der Waals surface area contributed by atoms with Crippen LogP contribution in [0.3, 0.4) is 0 Å². The molecule has 0 aromatic heterocycles. The van der Waals surface area contributed by atoms with Gasteiger partial charge in [-0.25, -0.2) is 0 Å². The van der Waals surface area contributed by atoms with Crippen LogP contribution >= 0.6 is 0 Å². The van der Waals surface area contributed by atoms with Gasteiger partial charge in [-0.1, -0.05) is 92.9 Å². The van der Waals surface area contributed by atoms with Gasteiger partial charge in [0.1, 0.15) is 0 Å². The van der Waals surface area contributed by atoms with Crippen LogP contribution in [0.4, 0.5) is 0 Å². The van der Waals surface area contributed by atoms with Gasteiger partial charge in [0.05, 0.1) is 0 Å². The van der Waals surface area contributed by atoms with Gasteiger partial charge < -0.3 is 0 Å². The van der Waals surface area contributed by atoms with E-state index in [1.165, 1.54) is 51.4 Å². The highest BCUT2D eigenvalue weighted by atomic mass is 14.1. The topological polar surface area (TPSA) is 0 Å². The second-order valence-electron chi connectivity index (χ2n) is 7.44. The van der Waals surface area contributed by atoms with E-state index in [4.69, 9.17) is 0 Å². The molecule has 2 unspecified atom stereocenters. The van der Waals surface area contributed by atoms with Crippen molar-refractivity contribution in [2.24, 2.45) is 23.7 Å². The van der Waals surface area contributed by atoms with E-state index >= 15 is 0 Å². The summed E-state index contributed by atoms with van der Waals surface area (Å²) in [7, 11) is 0. The number of hydrogen-bond acceptors (Lipinski definition) is 0. The molecular formula is C18H38. The van der Waals surface area contributed by atoms with E-state index in [-0.39, 0.29) is 0 Å². The van der Waals surface area contributed by atoms with Crippen molar-refractivity contribution in [2.45, 2.75) is 92.9 Å². The van der Waals surface area contributed by atoms with Crippen LogP contribution in [0, 0.1) is 23.7 Å². The summed E-state index contributed by atoms with van der Waals surface area (Å²) >= 11 is 0. The molecule has 0 heteroatoms. The van der Waals surface area contributed by atoms with E-state index in [0.717, 1.165) is 23.7 Å². The van der Waals surface area contributed by atoms with Crippen molar-refractivity contribution in [3.63, 3.8) is 0 Å². The molecule has 0 bridgehead atoms. The van der Waals surface area contributed by atoms with E-state index < -0.39 is 0 Å². The minimum absolute atomic E-state index is 0.882. The van der Waals surface area contributed by atoms with Gasteiger partial charge in [0.15, 0.2) is 0 Å². The Labute approximate surface area is 117 Å². The summed E-state index contributed by atoms with van der Waals surface area (Å²) in [5.41, 5.74) is 0. The van der Waals surface area contributed by atoms with Crippen molar-refractivity contribution >= 4 is 0 Å². The third-order valence-electron chi connectivity index (χ3n) is 4.11. The summed E-state index contributed by atoms with van der Waals surface area (Å²) in [4.78, 5) is 0. The summed E-state index contributed by atoms with van der Waals surface area (Å²) < 4.78 is 0. The van der Waals surface area contributed by atoms with Gasteiger partial charge in [-0.05, 0) is 23.7 Å². The first-order chi connectivity index (χ1) is 8.41. The molecule has 0 amide bonds. The average molecular weight is 255 g/mol. The van der Waals surface area contributed by atoms with Crippen molar-refractivity contribution in [3.8, 4) is 0 Å². The molecule has 0 rings (SSSR count). The van der Waals surface area contributed by atoms with Crippen LogP contribution in [-0.4, -0.2) is 0 Å². The third-order valence-corrected chi connectivity index (χ3v) is 4.11. The van der Waals surface area contributed by atoms with E-state index in [0.29, 0.717) is 0 Å². The maximum atomic E-state index is 2.45. The van der Waals surface area contributed by atoms with Crippen LogP contribution < -0.4 is 0 Å². The van der Waals surface area contributed by atoms with Gasteiger partial charge in [-0.15, -0.1) is 0 Å². The molecule has 0 spiro atoms. The van der Waals surface area contributed by atoms with Crippen LogP contribution in [0.15, 0.2) is 0 Å². The lowest BCUT2D eigenvalue weighted by Crippen LogP contribution is -2.02. The van der Waals surface area contributed by atoms with E-state index in [1.807, 2.05) is 0 Å². The molecule has 2 atom stereocenters. The minimum Gasteiger partial charge on any atom is -0.0628 e. The fourth-order valence-electron chi connectivity index (χ4n) is 2.61. The van der Waals surface area contributed by atoms with E-state index in [9.17, 15) is 0 Å². The number of hydrogen-bond donors (Lipinski definition) is 0. The molecule has 110 valence electrons. The zero-order valence-corrected chi connectivity index (χ0v) is 14.0. The summed E-state index contributed by atoms with van der Waals surface area (Å²) in [6.45, 7) is 14.2. The molecule has 0 aliphatic rings. The molecule has 0 aliphatic carbocycles. The van der Waals surface area contributed by atoms with Gasteiger partial charge in [-0.2, -0.15) is 0 Å². The van der Waals surface area contributed by atoms with Crippen LogP contribution in [0.1, 0.15) is 92.9 Å². The molecule has 0 aromatic rings. The zero-order valence-electron chi connectivity index (χ0n) is 14.0. The van der Waals surface area contributed by atoms with Crippen LogP contribution in [0.5, 0.6) is 0 Å². The lowest BCUT2D eigenvalue weighted by Gasteiger charge is -2.16. The smallest absolute Gasteiger partial charge is 0.0443 e. The van der Waals surface area contributed by atoms with Gasteiger partial charge in [-0.3, -0.25) is 0 Å². The maximum Gasteiger partial charge on any atom is -0.0443 e. The zero-order chi connectivity index (χ0) is 14.0. The largest absolute Gasteiger partial charge is 0.0628 e. The average Bonchev–Trinajstić information content (AvgIpc) is 2.25. The highest BCUT2D eigenvalue weighted by molar-refractivity contribution is 4.60. The lowest BCUT2D eigenvalue weighted by molar-refractivity contribution is 0.367. The fraction of sp³-hybridized carbons (Fsp3) is 1.00. The number of rotatable bonds is 11. The summed E-state index contributed by atoms with van der Waals surface area (Å²) in [5, 5.41) is 0. The van der Waals surface area contributed by atoms with Gasteiger partial charge in [0.2, 0.25) is 0 Å². The molecule has 0 heterocycles. The standard InChI is InChI=1S/C18H38/c1-15(2)9-7-11-17(5)13-14-18(6)12-8-10-16(3)4/h15-18H,7-14H2,1-6H3. The summed E-state index contributed by atoms with van der Waals surface area (Å²) in [6, 6.07) is 0. The first-order valence-corrected chi connectivity index (χ1v) is 8.41. The van der Waals surface area contributed by atoms with Crippen molar-refractivity contribution in [3.05, 3.63) is 0 Å². The fourth-order valence-corrected chi connectivity index (χ4v) is 2.61. The Balaban J connectivity index is 3.44. The summed E-state index contributed by atoms with van der Waals surface area (Å²) in [6.07, 6.45) is 11.5. The summed E-state index contributed by atoms with van der Waals surface area (Å²) in [5.74, 6) is 3.65. The Morgan fingerprint density at radius 3 is 1.06 bits per heavy atom. The monoisotopic (exact) mass is 254 g/mol. The van der Waals surface area contributed by atoms with Crippen molar-refractivity contribution in [2.75, 3.05) is 0 Å². The van der Waals surface area contributed by atoms with Crippen molar-refractivity contribution in [1.82, 2.24) is 0 Å². The highest BCUT2D eigenvalue weighted by Gasteiger charge is 2.07. The van der Waals surface area contributed by atoms with E-state index in [2.05, 4.69) is 41.5 Å². The quantitative estimate of drug-likeness (QED) is 0.385. The molecule has 0 aliphatic heterocycles. The van der Waals surface area contributed by atoms with Crippen molar-refractivity contribution in [1.29, 1.82) is 0 Å². The normalized spacial score (nSPS) is 15.3. The Hall–Kier alpha value is 0. The molecule has 18 heavy (non-hydrogen) atoms. The minimum atomic E-state index is 0.882. The van der Waals surface area contributed by atoms with Crippen LogP contribution in [0.25, 0.3) is 0 Å². The molecule has 0 N–H and O–H groups in total. The molecule has 0 radical (unpaired) electrons. The van der Waals surface area contributed by atoms with Gasteiger partial charge in [0, 0.05) is 0 Å². The van der Waals surface area contributed by atoms with E-state index in [1.54, 1.807) is 0 Å². The molecule has 0 nitrogen and oxygen atoms in total. The first-order valence-electron chi connectivity index (χ1n) is 8.41. The van der Waals surface area contributed by atoms with Gasteiger partial charge in [0.25, 0.3) is 0 Å². The molecule has 0 aromatic carbocycles. The highest BCUT2D eigenvalue weighted by Crippen LogP contribution is 2.22. The maximum absolute atomic E-state index is 2.45. The Morgan fingerprint density at radius 1 is 0.444 bits per heavy atom. The molecule has 0 saturated heterocycles. The first kappa shape index (κ1) is 18.0. The predicted octanol–water partition coefficient (Wildman–Crippen LogP) is 6.69. The Bertz CT molecular complexity index is 149. The van der Waals surface area contributed by atoms with Gasteiger partial charge >= 0.3 is 0 Å². The Kier molecular flexibility index (Phi) is 10.9. The SMILES string of the molecule is CC(C)CCCC(C)CCC(C)CCCC(C)C. The lowest BCUT2D eigenvalue weighted by atomic mass is 9.90. The molecule has 0 fully saturated rings. The predicted molar refractivity (Wildman–Crippen MR) is 84.9 cm³/mol. The second kappa shape index (κ2) is 10.9. The third kappa shape index (κ3) is 12.5. The van der Waals surface area contributed by atoms with Crippen LogP contribution in [0.2, 0.25) is 0 Å². The van der Waals surface area contributed by atoms with Crippen molar-refractivity contribution < 1.29 is 0 Å². The molecular weight excluding hydrogens is 216 g/mol. The Morgan fingerprint density at radius 2 is 0.778 bits per heavy atom. The second-order valence-corrected chi connectivity index (χ2v) is 7.44. The van der Waals surface area contributed by atoms with Crippen LogP contribution in [-0.2, 0) is 0 Å². The molecule has 0 saturated carbocycles.